The van der Waals surface area contributed by atoms with Crippen molar-refractivity contribution in [1.29, 1.82) is 0 Å². The first-order valence-corrected chi connectivity index (χ1v) is 32.2. The fraction of sp³-hybridized carbons (Fsp3) is 0.271. The highest BCUT2D eigenvalue weighted by Crippen LogP contribution is 2.40. The van der Waals surface area contributed by atoms with Crippen LogP contribution in [-0.4, -0.2) is 144 Å². The lowest BCUT2D eigenvalue weighted by molar-refractivity contribution is -0.385. The molecule has 4 aliphatic rings. The third-order valence-corrected chi connectivity index (χ3v) is 18.4. The van der Waals surface area contributed by atoms with E-state index in [2.05, 4.69) is 4.98 Å². The van der Waals surface area contributed by atoms with Gasteiger partial charge in [-0.2, -0.15) is 0 Å². The third kappa shape index (κ3) is 13.1. The molecule has 15 rings (SSSR count). The molecule has 1 aliphatic carbocycles. The molecule has 3 aliphatic heterocycles. The highest BCUT2D eigenvalue weighted by atomic mass is 16.6. The molecule has 0 spiro atoms. The summed E-state index contributed by atoms with van der Waals surface area (Å²) in [6.45, 7) is 4.71. The van der Waals surface area contributed by atoms with Crippen LogP contribution in [0.2, 0.25) is 0 Å². The zero-order valence-corrected chi connectivity index (χ0v) is 53.3. The Morgan fingerprint density at radius 2 is 0.788 bits per heavy atom. The van der Waals surface area contributed by atoms with Gasteiger partial charge in [-0.25, -0.2) is 0 Å². The first-order chi connectivity index (χ1) is 48.1. The van der Waals surface area contributed by atoms with Crippen LogP contribution in [0.25, 0.3) is 32.7 Å². The van der Waals surface area contributed by atoms with Crippen LogP contribution in [0.1, 0.15) is 74.5 Å². The fourth-order valence-corrected chi connectivity index (χ4v) is 13.7. The van der Waals surface area contributed by atoms with Gasteiger partial charge in [0.15, 0.2) is 17.3 Å². The lowest BCUT2D eigenvalue weighted by Gasteiger charge is -2.36. The maximum absolute atomic E-state index is 13.4. The van der Waals surface area contributed by atoms with Gasteiger partial charge >= 0.3 is 33.7 Å². The number of carbonyl (C=O) groups is 3. The number of anilines is 3. The second kappa shape index (κ2) is 28.5. The van der Waals surface area contributed by atoms with Crippen molar-refractivity contribution in [2.24, 2.45) is 0 Å². The molecule has 3 aromatic carbocycles. The Hall–Kier alpha value is -12.4. The van der Waals surface area contributed by atoms with Gasteiger partial charge in [-0.1, -0.05) is 67.4 Å². The molecule has 0 unspecified atom stereocenters. The highest BCUT2D eigenvalue weighted by molar-refractivity contribution is 6.00. The van der Waals surface area contributed by atoms with Crippen LogP contribution >= 0.6 is 0 Å². The predicted molar refractivity (Wildman–Crippen MR) is 364 cm³/mol. The molecule has 11 heterocycles. The lowest BCUT2D eigenvalue weighted by Crippen LogP contribution is -2.49. The number of para-hydroxylation sites is 3. The van der Waals surface area contributed by atoms with Crippen LogP contribution in [-0.2, 0) is 13.1 Å². The molecule has 3 saturated heterocycles. The van der Waals surface area contributed by atoms with E-state index in [0.717, 1.165) is 42.3 Å². The number of benzene rings is 3. The van der Waals surface area contributed by atoms with E-state index in [1.54, 1.807) is 135 Å². The van der Waals surface area contributed by atoms with Crippen LogP contribution in [0.15, 0.2) is 203 Å². The molecule has 0 radical (unpaired) electrons. The van der Waals surface area contributed by atoms with Crippen molar-refractivity contribution in [3.05, 3.63) is 261 Å². The summed E-state index contributed by atoms with van der Waals surface area (Å²) < 4.78 is 25.2. The zero-order chi connectivity index (χ0) is 68.8. The molecule has 506 valence electrons. The van der Waals surface area contributed by atoms with Gasteiger partial charge in [-0.05, 0) is 91.2 Å². The Labute approximate surface area is 561 Å². The number of piperazine rings is 3. The number of rotatable bonds is 14. The van der Waals surface area contributed by atoms with E-state index in [4.69, 9.17) is 17.7 Å². The zero-order valence-electron chi connectivity index (χ0n) is 53.3. The Kier molecular flexibility index (Phi) is 18.8. The second-order valence-corrected chi connectivity index (χ2v) is 24.1. The number of nitrogens with zero attached hydrogens (tertiary/aromatic N) is 13. The summed E-state index contributed by atoms with van der Waals surface area (Å²) in [6, 6.07) is 36.8. The summed E-state index contributed by atoms with van der Waals surface area (Å²) in [5.74, 6) is 0.122. The standard InChI is InChI=1S/C24H21N5O5.C23H20N4O6.C23H24N4O5/c30-23(20-6-3-15-34-20)27-13-11-26(12-14-27)21-18-4-1-2-5-19(18)28(24(31)22(21)29(32)33)16-17-7-9-25-10-8-17;28-22(19-6-3-12-33-19)25-10-8-24(9-11-25)20-17-4-1-2-5-18(17)26(14-16-7-13-32-15-16)23(29)21(20)27(30)31;28-22(19-10-5-15-32-19)25-13-11-24(12-14-25)20-17-8-3-4-9-18(17)26(16-6-1-2-7-16)23(29)21(20)27(30)31/h1-10,15H,11-14,16H2;1-7,12-13,15H,8-11,14H2;3-5,8-10,15-16H,1-2,6-7,11-14H2. The Morgan fingerprint density at radius 1 is 0.424 bits per heavy atom. The van der Waals surface area contributed by atoms with Gasteiger partial charge < -0.3 is 47.1 Å². The molecule has 29 heteroatoms. The summed E-state index contributed by atoms with van der Waals surface area (Å²) in [4.78, 5) is 127. The molecule has 8 aromatic heterocycles. The van der Waals surface area contributed by atoms with Gasteiger partial charge in [0.2, 0.25) is 0 Å². The van der Waals surface area contributed by atoms with Crippen molar-refractivity contribution >= 4 is 84.6 Å². The number of hydrogen-bond donors (Lipinski definition) is 0. The minimum Gasteiger partial charge on any atom is -0.472 e. The summed E-state index contributed by atoms with van der Waals surface area (Å²) in [5, 5.41) is 38.3. The largest absolute Gasteiger partial charge is 0.472 e. The topological polar surface area (TPSA) is 332 Å². The Balaban J connectivity index is 0.000000133. The van der Waals surface area contributed by atoms with Gasteiger partial charge in [0.1, 0.15) is 17.1 Å². The van der Waals surface area contributed by atoms with Crippen molar-refractivity contribution in [3.8, 4) is 0 Å². The molecule has 3 amide bonds. The molecular formula is C70H65N13O16. The van der Waals surface area contributed by atoms with E-state index < -0.39 is 42.8 Å². The fourth-order valence-electron chi connectivity index (χ4n) is 13.7. The minimum absolute atomic E-state index is 0.0112. The second-order valence-electron chi connectivity index (χ2n) is 24.1. The number of fused-ring (bicyclic) bond motifs is 3. The van der Waals surface area contributed by atoms with Crippen LogP contribution in [0.5, 0.6) is 0 Å². The van der Waals surface area contributed by atoms with Crippen LogP contribution in [0.4, 0.5) is 34.1 Å². The quantitative estimate of drug-likeness (QED) is 0.0722. The van der Waals surface area contributed by atoms with E-state index in [9.17, 15) is 59.1 Å². The maximum Gasteiger partial charge on any atom is 0.357 e. The molecule has 0 N–H and O–H groups in total. The van der Waals surface area contributed by atoms with Crippen molar-refractivity contribution < 1.29 is 46.8 Å². The van der Waals surface area contributed by atoms with Gasteiger partial charge in [-0.3, -0.25) is 77.8 Å². The first-order valence-electron chi connectivity index (χ1n) is 32.2. The summed E-state index contributed by atoms with van der Waals surface area (Å²) in [5.41, 5.74) is 1.24. The van der Waals surface area contributed by atoms with Gasteiger partial charge in [-0.15, -0.1) is 0 Å². The van der Waals surface area contributed by atoms with Crippen LogP contribution in [0, 0.1) is 30.3 Å². The minimum atomic E-state index is -0.677. The number of aromatic nitrogens is 4. The Morgan fingerprint density at radius 3 is 1.15 bits per heavy atom. The predicted octanol–water partition coefficient (Wildman–Crippen LogP) is 9.60. The molecule has 11 aromatic rings. The molecule has 29 nitrogen and oxygen atoms in total. The SMILES string of the molecule is O=C(c1ccco1)N1CCN(c2c([N+](=O)[O-])c(=O)n(C3CCCC3)c3ccccc23)CC1.O=C(c1ccco1)N1CCN(c2c([N+](=O)[O-])c(=O)n(Cc3ccncc3)c3ccccc23)CC1.O=C(c1ccco1)N1CCN(c2c([N+](=O)[O-])c(=O)n(Cc3ccoc3)c3ccccc23)CC1. The summed E-state index contributed by atoms with van der Waals surface area (Å²) in [6.07, 6.45) is 14.3. The highest BCUT2D eigenvalue weighted by Gasteiger charge is 2.38. The van der Waals surface area contributed by atoms with Crippen molar-refractivity contribution in [2.75, 3.05) is 93.2 Å². The van der Waals surface area contributed by atoms with Crippen molar-refractivity contribution in [3.63, 3.8) is 0 Å². The van der Waals surface area contributed by atoms with Crippen molar-refractivity contribution in [2.45, 2.75) is 44.8 Å². The van der Waals surface area contributed by atoms with Crippen LogP contribution in [0.3, 0.4) is 0 Å². The molecular weight excluding hydrogens is 1280 g/mol. The first kappa shape index (κ1) is 65.2. The van der Waals surface area contributed by atoms with Crippen LogP contribution < -0.4 is 31.4 Å². The average Bonchev–Trinajstić information content (AvgIpc) is 1.29. The molecule has 1 saturated carbocycles. The number of pyridine rings is 4. The monoisotopic (exact) mass is 1340 g/mol. The average molecular weight is 1340 g/mol. The van der Waals surface area contributed by atoms with E-state index >= 15 is 0 Å². The molecule has 0 atom stereocenters. The third-order valence-electron chi connectivity index (χ3n) is 18.4. The number of furan rings is 4. The maximum atomic E-state index is 13.4. The summed E-state index contributed by atoms with van der Waals surface area (Å²) in [7, 11) is 0. The number of carbonyl (C=O) groups excluding carboxylic acids is 3. The summed E-state index contributed by atoms with van der Waals surface area (Å²) >= 11 is 0. The Bertz CT molecular complexity index is 4980. The van der Waals surface area contributed by atoms with Gasteiger partial charge in [0.25, 0.3) is 17.7 Å². The van der Waals surface area contributed by atoms with Gasteiger partial charge in [0, 0.05) is 119 Å². The van der Waals surface area contributed by atoms with E-state index in [0.29, 0.717) is 117 Å². The number of nitro groups is 3. The normalized spacial score (nSPS) is 15.0. The number of hydrogen-bond acceptors (Lipinski definition) is 20. The number of amides is 3. The molecule has 0 bridgehead atoms. The van der Waals surface area contributed by atoms with Gasteiger partial charge in [0.05, 0.1) is 75.7 Å². The lowest BCUT2D eigenvalue weighted by atomic mass is 10.1. The molecule has 99 heavy (non-hydrogen) atoms. The van der Waals surface area contributed by atoms with E-state index in [-0.39, 0.29) is 65.5 Å². The van der Waals surface area contributed by atoms with E-state index in [1.165, 1.54) is 40.5 Å². The van der Waals surface area contributed by atoms with E-state index in [1.807, 2.05) is 39.0 Å². The molecule has 4 fully saturated rings. The smallest absolute Gasteiger partial charge is 0.357 e. The van der Waals surface area contributed by atoms with Crippen molar-refractivity contribution in [1.82, 2.24) is 33.4 Å².